The standard InChI is InChI=1S/C18H23FO2/c1-13-5-6-15(19)11-16(13)17(20)14-7-10-21-18(12-14)8-3-2-4-9-18/h5-6,11,14H,2-4,7-10,12H2,1H3. The van der Waals surface area contributed by atoms with Crippen molar-refractivity contribution in [2.75, 3.05) is 6.61 Å². The lowest BCUT2D eigenvalue weighted by Gasteiger charge is -2.43. The van der Waals surface area contributed by atoms with Gasteiger partial charge in [0.25, 0.3) is 0 Å². The summed E-state index contributed by atoms with van der Waals surface area (Å²) in [5.74, 6) is -0.249. The molecule has 0 N–H and O–H groups in total. The van der Waals surface area contributed by atoms with Crippen LogP contribution in [0, 0.1) is 18.7 Å². The molecule has 1 aromatic carbocycles. The number of rotatable bonds is 2. The molecule has 1 spiro atoms. The van der Waals surface area contributed by atoms with Crippen LogP contribution < -0.4 is 0 Å². The first-order valence-corrected chi connectivity index (χ1v) is 8.04. The second-order valence-electron chi connectivity index (χ2n) is 6.61. The van der Waals surface area contributed by atoms with E-state index in [4.69, 9.17) is 4.74 Å². The average Bonchev–Trinajstić information content (AvgIpc) is 2.50. The molecule has 1 aromatic rings. The Bertz CT molecular complexity index is 527. The van der Waals surface area contributed by atoms with Crippen LogP contribution in [-0.4, -0.2) is 18.0 Å². The van der Waals surface area contributed by atoms with Crippen molar-refractivity contribution in [3.8, 4) is 0 Å². The highest BCUT2D eigenvalue weighted by molar-refractivity contribution is 5.99. The van der Waals surface area contributed by atoms with Crippen LogP contribution in [0.25, 0.3) is 0 Å². The number of halogens is 1. The Morgan fingerprint density at radius 2 is 2.05 bits per heavy atom. The lowest BCUT2D eigenvalue weighted by molar-refractivity contribution is -0.111. The van der Waals surface area contributed by atoms with E-state index in [1.807, 2.05) is 6.92 Å². The fourth-order valence-corrected chi connectivity index (χ4v) is 3.88. The molecule has 0 bridgehead atoms. The maximum atomic E-state index is 13.4. The van der Waals surface area contributed by atoms with Crippen LogP contribution in [0.2, 0.25) is 0 Å². The van der Waals surface area contributed by atoms with Gasteiger partial charge >= 0.3 is 0 Å². The van der Waals surface area contributed by atoms with Crippen LogP contribution in [0.4, 0.5) is 4.39 Å². The van der Waals surface area contributed by atoms with Crippen LogP contribution in [0.15, 0.2) is 18.2 Å². The molecule has 2 aliphatic rings. The predicted octanol–water partition coefficient (Wildman–Crippen LogP) is 4.45. The van der Waals surface area contributed by atoms with Gasteiger partial charge in [-0.1, -0.05) is 25.3 Å². The fourth-order valence-electron chi connectivity index (χ4n) is 3.88. The highest BCUT2D eigenvalue weighted by atomic mass is 19.1. The molecule has 1 saturated carbocycles. The third kappa shape index (κ3) is 3.03. The van der Waals surface area contributed by atoms with Crippen molar-refractivity contribution < 1.29 is 13.9 Å². The second kappa shape index (κ2) is 5.88. The van der Waals surface area contributed by atoms with E-state index in [9.17, 15) is 9.18 Å². The molecule has 114 valence electrons. The molecule has 21 heavy (non-hydrogen) atoms. The van der Waals surface area contributed by atoms with Crippen molar-refractivity contribution in [1.29, 1.82) is 0 Å². The predicted molar refractivity (Wildman–Crippen MR) is 80.0 cm³/mol. The van der Waals surface area contributed by atoms with Gasteiger partial charge in [0.15, 0.2) is 5.78 Å². The minimum absolute atomic E-state index is 0.0163. The lowest BCUT2D eigenvalue weighted by Crippen LogP contribution is -2.43. The largest absolute Gasteiger partial charge is 0.375 e. The number of Topliss-reactive ketones (excluding diaryl/α,β-unsaturated/α-hetero) is 1. The molecule has 1 unspecified atom stereocenters. The van der Waals surface area contributed by atoms with Gasteiger partial charge < -0.3 is 4.74 Å². The smallest absolute Gasteiger partial charge is 0.166 e. The molecule has 0 aromatic heterocycles. The van der Waals surface area contributed by atoms with E-state index in [-0.39, 0.29) is 23.1 Å². The zero-order valence-corrected chi connectivity index (χ0v) is 12.7. The Morgan fingerprint density at radius 1 is 1.29 bits per heavy atom. The van der Waals surface area contributed by atoms with Gasteiger partial charge in [0, 0.05) is 18.1 Å². The summed E-state index contributed by atoms with van der Waals surface area (Å²) in [7, 11) is 0. The van der Waals surface area contributed by atoms with E-state index in [0.29, 0.717) is 12.2 Å². The topological polar surface area (TPSA) is 26.3 Å². The summed E-state index contributed by atoms with van der Waals surface area (Å²) in [5.41, 5.74) is 1.33. The zero-order valence-electron chi connectivity index (χ0n) is 12.7. The van der Waals surface area contributed by atoms with Gasteiger partial charge in [-0.05, 0) is 50.3 Å². The van der Waals surface area contributed by atoms with Crippen molar-refractivity contribution in [3.63, 3.8) is 0 Å². The van der Waals surface area contributed by atoms with Crippen molar-refractivity contribution in [2.45, 2.75) is 57.5 Å². The Labute approximate surface area is 125 Å². The summed E-state index contributed by atoms with van der Waals surface area (Å²) in [6, 6.07) is 4.50. The number of carbonyl (C=O) groups is 1. The molecule has 1 aliphatic carbocycles. The molecule has 0 radical (unpaired) electrons. The third-order valence-corrected chi connectivity index (χ3v) is 5.09. The third-order valence-electron chi connectivity index (χ3n) is 5.09. The summed E-state index contributed by atoms with van der Waals surface area (Å²) in [6.07, 6.45) is 7.36. The van der Waals surface area contributed by atoms with Crippen LogP contribution in [-0.2, 0) is 4.74 Å². The SMILES string of the molecule is Cc1ccc(F)cc1C(=O)C1CCOC2(CCCCC2)C1. The van der Waals surface area contributed by atoms with Gasteiger partial charge in [0.2, 0.25) is 0 Å². The van der Waals surface area contributed by atoms with Crippen LogP contribution >= 0.6 is 0 Å². The number of carbonyl (C=O) groups excluding carboxylic acids is 1. The highest BCUT2D eigenvalue weighted by Gasteiger charge is 2.40. The first-order chi connectivity index (χ1) is 10.1. The van der Waals surface area contributed by atoms with Gasteiger partial charge in [-0.15, -0.1) is 0 Å². The number of hydrogen-bond donors (Lipinski definition) is 0. The molecule has 3 heteroatoms. The minimum Gasteiger partial charge on any atom is -0.375 e. The summed E-state index contributed by atoms with van der Waals surface area (Å²) < 4.78 is 19.5. The van der Waals surface area contributed by atoms with Crippen LogP contribution in [0.5, 0.6) is 0 Å². The molecular weight excluding hydrogens is 267 g/mol. The summed E-state index contributed by atoms with van der Waals surface area (Å²) in [5, 5.41) is 0. The highest BCUT2D eigenvalue weighted by Crippen LogP contribution is 2.41. The van der Waals surface area contributed by atoms with Gasteiger partial charge in [0.05, 0.1) is 5.60 Å². The molecule has 2 fully saturated rings. The number of aryl methyl sites for hydroxylation is 1. The molecule has 3 rings (SSSR count). The number of ketones is 1. The Hall–Kier alpha value is -1.22. The number of ether oxygens (including phenoxy) is 1. The summed E-state index contributed by atoms with van der Waals surface area (Å²) in [6.45, 7) is 2.53. The van der Waals surface area contributed by atoms with Crippen molar-refractivity contribution in [2.24, 2.45) is 5.92 Å². The quantitative estimate of drug-likeness (QED) is 0.752. The second-order valence-corrected chi connectivity index (χ2v) is 6.61. The number of benzene rings is 1. The van der Waals surface area contributed by atoms with Gasteiger partial charge in [-0.25, -0.2) is 4.39 Å². The Morgan fingerprint density at radius 3 is 2.81 bits per heavy atom. The van der Waals surface area contributed by atoms with Crippen LogP contribution in [0.3, 0.4) is 0 Å². The van der Waals surface area contributed by atoms with E-state index in [2.05, 4.69) is 0 Å². The Balaban J connectivity index is 1.79. The molecule has 1 heterocycles. The van der Waals surface area contributed by atoms with Gasteiger partial charge in [-0.2, -0.15) is 0 Å². The maximum Gasteiger partial charge on any atom is 0.166 e. The van der Waals surface area contributed by atoms with Crippen molar-refractivity contribution in [1.82, 2.24) is 0 Å². The normalized spacial score (nSPS) is 25.0. The van der Waals surface area contributed by atoms with E-state index in [1.165, 1.54) is 31.4 Å². The fraction of sp³-hybridized carbons (Fsp3) is 0.611. The number of hydrogen-bond acceptors (Lipinski definition) is 2. The van der Waals surface area contributed by atoms with E-state index in [0.717, 1.165) is 31.2 Å². The van der Waals surface area contributed by atoms with E-state index in [1.54, 1.807) is 6.07 Å². The van der Waals surface area contributed by atoms with Gasteiger partial charge in [0.1, 0.15) is 5.82 Å². The first-order valence-electron chi connectivity index (χ1n) is 8.04. The monoisotopic (exact) mass is 290 g/mol. The minimum atomic E-state index is -0.330. The van der Waals surface area contributed by atoms with Crippen molar-refractivity contribution >= 4 is 5.78 Å². The summed E-state index contributed by atoms with van der Waals surface area (Å²) in [4.78, 5) is 12.8. The maximum absolute atomic E-state index is 13.4. The molecule has 2 nitrogen and oxygen atoms in total. The Kier molecular flexibility index (Phi) is 4.12. The van der Waals surface area contributed by atoms with E-state index < -0.39 is 0 Å². The molecule has 0 amide bonds. The molecular formula is C18H23FO2. The molecule has 1 saturated heterocycles. The van der Waals surface area contributed by atoms with Gasteiger partial charge in [-0.3, -0.25) is 4.79 Å². The van der Waals surface area contributed by atoms with Crippen LogP contribution in [0.1, 0.15) is 60.9 Å². The van der Waals surface area contributed by atoms with E-state index >= 15 is 0 Å². The molecule has 1 aliphatic heterocycles. The lowest BCUT2D eigenvalue weighted by atomic mass is 9.74. The average molecular weight is 290 g/mol. The molecule has 1 atom stereocenters. The van der Waals surface area contributed by atoms with Crippen molar-refractivity contribution in [3.05, 3.63) is 35.1 Å². The summed E-state index contributed by atoms with van der Waals surface area (Å²) >= 11 is 0. The first kappa shape index (κ1) is 14.7. The zero-order chi connectivity index (χ0) is 14.9.